The molecule has 0 unspecified atom stereocenters. The quantitative estimate of drug-likeness (QED) is 0.281. The predicted octanol–water partition coefficient (Wildman–Crippen LogP) is 5.19. The normalized spacial score (nSPS) is 28.7. The molecule has 284 valence electrons. The second-order valence-electron chi connectivity index (χ2n) is 16.7. The number of carbonyl (C=O) groups excluding carboxylic acids is 4. The Morgan fingerprint density at radius 2 is 1.88 bits per heavy atom. The minimum Gasteiger partial charge on any atom is -0.460 e. The van der Waals surface area contributed by atoms with E-state index in [-0.39, 0.29) is 49.5 Å². The maximum absolute atomic E-state index is 14.5. The first-order chi connectivity index (χ1) is 24.4. The SMILES string of the molecule is CC(C)n1c(O[C@@H]2C[C@H]3C(=O)C[C@]4(C(=O)NS(=O)(=O)C5(C)CC5)C[C@H]4/C=C\CCCCC[C@H](CC(=O)OC(C)(C)C)C(=O)N3C2)nc2ncccc21. The van der Waals surface area contributed by atoms with Crippen LogP contribution in [0.15, 0.2) is 30.5 Å². The lowest BCUT2D eigenvalue weighted by molar-refractivity contribution is -0.159. The van der Waals surface area contributed by atoms with Gasteiger partial charge in [-0.3, -0.25) is 28.5 Å². The van der Waals surface area contributed by atoms with Gasteiger partial charge < -0.3 is 14.4 Å². The van der Waals surface area contributed by atoms with Gasteiger partial charge >= 0.3 is 5.97 Å². The van der Waals surface area contributed by atoms with Crippen molar-refractivity contribution in [3.63, 3.8) is 0 Å². The number of rotatable bonds is 8. The van der Waals surface area contributed by atoms with Gasteiger partial charge in [0.15, 0.2) is 11.4 Å². The molecule has 2 aromatic heterocycles. The van der Waals surface area contributed by atoms with E-state index in [2.05, 4.69) is 14.7 Å². The summed E-state index contributed by atoms with van der Waals surface area (Å²) in [6, 6.07) is 3.08. The molecule has 6 rings (SSSR count). The maximum Gasteiger partial charge on any atom is 0.307 e. The second-order valence-corrected chi connectivity index (χ2v) is 18.9. The van der Waals surface area contributed by atoms with Crippen molar-refractivity contribution in [3.05, 3.63) is 30.5 Å². The number of sulfonamides is 1. The van der Waals surface area contributed by atoms with Crippen molar-refractivity contribution in [2.75, 3.05) is 6.54 Å². The number of esters is 1. The van der Waals surface area contributed by atoms with E-state index in [0.29, 0.717) is 43.8 Å². The Labute approximate surface area is 306 Å². The molecule has 0 spiro atoms. The number of nitrogens with one attached hydrogen (secondary N) is 1. The number of nitrogens with zero attached hydrogens (tertiary/aromatic N) is 4. The summed E-state index contributed by atoms with van der Waals surface area (Å²) in [7, 11) is -3.93. The van der Waals surface area contributed by atoms with Crippen LogP contribution >= 0.6 is 0 Å². The minimum atomic E-state index is -3.93. The third-order valence-electron chi connectivity index (χ3n) is 11.0. The smallest absolute Gasteiger partial charge is 0.307 e. The van der Waals surface area contributed by atoms with E-state index in [4.69, 9.17) is 9.47 Å². The van der Waals surface area contributed by atoms with Crippen LogP contribution in [-0.2, 0) is 33.9 Å². The third-order valence-corrected chi connectivity index (χ3v) is 13.2. The summed E-state index contributed by atoms with van der Waals surface area (Å²) >= 11 is 0. The largest absolute Gasteiger partial charge is 0.460 e. The van der Waals surface area contributed by atoms with E-state index in [1.165, 1.54) is 4.90 Å². The van der Waals surface area contributed by atoms with E-state index in [1.54, 1.807) is 33.9 Å². The number of hydrogen-bond donors (Lipinski definition) is 1. The number of allylic oxidation sites excluding steroid dienone is 2. The molecule has 2 aromatic rings. The lowest BCUT2D eigenvalue weighted by atomic mass is 9.90. The number of carbonyl (C=O) groups is 4. The van der Waals surface area contributed by atoms with Crippen LogP contribution in [0.5, 0.6) is 6.01 Å². The van der Waals surface area contributed by atoms with Gasteiger partial charge in [0.25, 0.3) is 6.01 Å². The molecule has 5 atom stereocenters. The number of ketones is 1. The molecule has 13 nitrogen and oxygen atoms in total. The first kappa shape index (κ1) is 37.9. The molecule has 1 N–H and O–H groups in total. The lowest BCUT2D eigenvalue weighted by Gasteiger charge is -2.29. The molecule has 2 saturated carbocycles. The van der Waals surface area contributed by atoms with Gasteiger partial charge in [0.05, 0.1) is 34.7 Å². The Morgan fingerprint density at radius 3 is 2.58 bits per heavy atom. The zero-order chi connectivity index (χ0) is 37.6. The van der Waals surface area contributed by atoms with E-state index < -0.39 is 55.7 Å². The Bertz CT molecular complexity index is 1860. The molecule has 2 aliphatic carbocycles. The summed E-state index contributed by atoms with van der Waals surface area (Å²) in [4.78, 5) is 66.6. The summed E-state index contributed by atoms with van der Waals surface area (Å²) in [5.41, 5.74) is -0.665. The van der Waals surface area contributed by atoms with Crippen molar-refractivity contribution in [2.45, 2.75) is 141 Å². The van der Waals surface area contributed by atoms with Gasteiger partial charge in [0.1, 0.15) is 11.7 Å². The minimum absolute atomic E-state index is 0.0232. The van der Waals surface area contributed by atoms with Crippen molar-refractivity contribution in [3.8, 4) is 6.01 Å². The number of pyridine rings is 1. The molecule has 52 heavy (non-hydrogen) atoms. The number of imidazole rings is 1. The number of ether oxygens (including phenoxy) is 2. The zero-order valence-corrected chi connectivity index (χ0v) is 32.0. The standard InChI is InChI=1S/C38H53N5O8S/c1-24(2)43-28-15-12-18-39-32(28)40-35(43)50-27-20-29-30(44)22-38(34(47)41-52(48,49)37(6)16-17-37)21-26(38)14-11-9-7-8-10-13-25(33(46)42(29)23-27)19-31(45)51-36(3,4)5/h11-12,14-15,18,24-27,29H,7-10,13,16-17,19-23H2,1-6H3,(H,41,47)/b14-11-/t25-,26-,27-,29+,38-/m1/s1. The van der Waals surface area contributed by atoms with Gasteiger partial charge in [0, 0.05) is 31.0 Å². The Kier molecular flexibility index (Phi) is 10.4. The first-order valence-corrected chi connectivity index (χ1v) is 20.2. The number of amides is 2. The fourth-order valence-corrected chi connectivity index (χ4v) is 8.98. The summed E-state index contributed by atoms with van der Waals surface area (Å²) in [6.07, 6.45) is 9.60. The fourth-order valence-electron chi connectivity index (χ4n) is 7.65. The highest BCUT2D eigenvalue weighted by Crippen LogP contribution is 2.57. The van der Waals surface area contributed by atoms with E-state index in [0.717, 1.165) is 24.8 Å². The molecule has 0 bridgehead atoms. The molecular formula is C38H53N5O8S. The van der Waals surface area contributed by atoms with Crippen LogP contribution in [0.4, 0.5) is 0 Å². The monoisotopic (exact) mass is 739 g/mol. The molecule has 2 amide bonds. The van der Waals surface area contributed by atoms with E-state index in [1.807, 2.05) is 42.7 Å². The van der Waals surface area contributed by atoms with Gasteiger partial charge in [-0.2, -0.15) is 4.98 Å². The average molecular weight is 740 g/mol. The van der Waals surface area contributed by atoms with Gasteiger partial charge in [-0.15, -0.1) is 0 Å². The van der Waals surface area contributed by atoms with Crippen LogP contribution in [0.25, 0.3) is 11.2 Å². The summed E-state index contributed by atoms with van der Waals surface area (Å²) in [6.45, 7) is 11.0. The molecule has 0 radical (unpaired) electrons. The van der Waals surface area contributed by atoms with E-state index >= 15 is 0 Å². The molecular weight excluding hydrogens is 687 g/mol. The summed E-state index contributed by atoms with van der Waals surface area (Å²) in [5, 5.41) is 0. The molecule has 0 aromatic carbocycles. The zero-order valence-electron chi connectivity index (χ0n) is 31.2. The van der Waals surface area contributed by atoms with Gasteiger partial charge in [-0.25, -0.2) is 13.4 Å². The number of hydrogen-bond acceptors (Lipinski definition) is 10. The Morgan fingerprint density at radius 1 is 1.13 bits per heavy atom. The number of fused-ring (bicyclic) bond motifs is 3. The molecule has 4 aliphatic rings. The number of aromatic nitrogens is 3. The highest BCUT2D eigenvalue weighted by Gasteiger charge is 2.62. The molecule has 4 heterocycles. The van der Waals surface area contributed by atoms with Gasteiger partial charge in [0.2, 0.25) is 21.8 Å². The maximum atomic E-state index is 14.5. The topological polar surface area (TPSA) is 167 Å². The van der Waals surface area contributed by atoms with Gasteiger partial charge in [-0.05, 0) is 98.1 Å². The van der Waals surface area contributed by atoms with Crippen molar-refractivity contribution in [2.24, 2.45) is 17.3 Å². The predicted molar refractivity (Wildman–Crippen MR) is 193 cm³/mol. The fraction of sp³-hybridized carbons (Fsp3) is 0.684. The molecule has 14 heteroatoms. The van der Waals surface area contributed by atoms with Crippen LogP contribution in [-0.4, -0.2) is 80.5 Å². The second kappa shape index (κ2) is 14.2. The van der Waals surface area contributed by atoms with Crippen LogP contribution in [0.1, 0.15) is 118 Å². The molecule has 1 saturated heterocycles. The first-order valence-electron chi connectivity index (χ1n) is 18.7. The molecule has 2 aliphatic heterocycles. The van der Waals surface area contributed by atoms with Crippen molar-refractivity contribution in [1.29, 1.82) is 0 Å². The van der Waals surface area contributed by atoms with Crippen LogP contribution in [0.2, 0.25) is 0 Å². The van der Waals surface area contributed by atoms with Crippen LogP contribution in [0, 0.1) is 17.3 Å². The number of Topliss-reactive ketones (excluding diaryl/α,β-unsaturated/α-hetero) is 1. The highest BCUT2D eigenvalue weighted by atomic mass is 32.2. The van der Waals surface area contributed by atoms with E-state index in [9.17, 15) is 27.6 Å². The van der Waals surface area contributed by atoms with Crippen molar-refractivity contribution >= 4 is 44.8 Å². The van der Waals surface area contributed by atoms with Crippen LogP contribution < -0.4 is 9.46 Å². The highest BCUT2D eigenvalue weighted by molar-refractivity contribution is 7.91. The lowest BCUT2D eigenvalue weighted by Crippen LogP contribution is -2.47. The molecule has 3 fully saturated rings. The summed E-state index contributed by atoms with van der Waals surface area (Å²) in [5.74, 6) is -2.86. The van der Waals surface area contributed by atoms with Crippen molar-refractivity contribution < 1.29 is 37.1 Å². The van der Waals surface area contributed by atoms with Crippen LogP contribution in [0.3, 0.4) is 0 Å². The average Bonchev–Trinajstić information content (AvgIpc) is 3.87. The Balaban J connectivity index is 1.32. The third kappa shape index (κ3) is 7.91. The Hall–Kier alpha value is -3.81. The van der Waals surface area contributed by atoms with Crippen molar-refractivity contribution in [1.82, 2.24) is 24.2 Å². The van der Waals surface area contributed by atoms with Gasteiger partial charge in [-0.1, -0.05) is 25.0 Å². The summed E-state index contributed by atoms with van der Waals surface area (Å²) < 4.78 is 41.7.